The van der Waals surface area contributed by atoms with Crippen molar-refractivity contribution in [3.05, 3.63) is 63.6 Å². The van der Waals surface area contributed by atoms with Gasteiger partial charge in [0.2, 0.25) is 0 Å². The zero-order chi connectivity index (χ0) is 15.2. The Hall–Kier alpha value is -1.81. The lowest BCUT2D eigenvalue weighted by molar-refractivity contribution is -0.123. The smallest absolute Gasteiger partial charge is 0.258 e. The average Bonchev–Trinajstić information content (AvgIpc) is 2.46. The molecule has 0 bridgehead atoms. The minimum absolute atomic E-state index is 0.0204. The monoisotopic (exact) mass is 347 g/mol. The van der Waals surface area contributed by atoms with E-state index >= 15 is 0 Å². The predicted octanol–water partition coefficient (Wildman–Crippen LogP) is 3.76. The second kappa shape index (κ2) is 7.27. The molecule has 0 fully saturated rings. The maximum atomic E-state index is 11.8. The molecule has 1 N–H and O–H groups in total. The average molecular weight is 348 g/mol. The Kier molecular flexibility index (Phi) is 5.39. The van der Waals surface area contributed by atoms with E-state index in [-0.39, 0.29) is 12.5 Å². The summed E-state index contributed by atoms with van der Waals surface area (Å²) >= 11 is 3.35. The molecule has 0 saturated carbocycles. The first-order valence-corrected chi connectivity index (χ1v) is 7.55. The molecule has 0 aliphatic rings. The fourth-order valence-corrected chi connectivity index (χ4v) is 2.23. The van der Waals surface area contributed by atoms with Gasteiger partial charge in [-0.15, -0.1) is 0 Å². The van der Waals surface area contributed by atoms with E-state index in [1.807, 2.05) is 43.3 Å². The highest BCUT2D eigenvalue weighted by Crippen LogP contribution is 2.16. The van der Waals surface area contributed by atoms with Crippen molar-refractivity contribution < 1.29 is 9.53 Å². The fourth-order valence-electron chi connectivity index (χ4n) is 1.97. The Balaban J connectivity index is 1.80. The summed E-state index contributed by atoms with van der Waals surface area (Å²) in [4.78, 5) is 11.8. The summed E-state index contributed by atoms with van der Waals surface area (Å²) in [6.45, 7) is 4.65. The molecule has 0 saturated heterocycles. The van der Waals surface area contributed by atoms with Gasteiger partial charge in [-0.05, 0) is 49.2 Å². The lowest BCUT2D eigenvalue weighted by Crippen LogP contribution is -2.28. The molecule has 2 aromatic rings. The van der Waals surface area contributed by atoms with Gasteiger partial charge in [-0.3, -0.25) is 4.79 Å². The Morgan fingerprint density at radius 1 is 1.14 bits per heavy atom. The van der Waals surface area contributed by atoms with Gasteiger partial charge in [0.15, 0.2) is 6.61 Å². The van der Waals surface area contributed by atoms with Crippen LogP contribution in [0, 0.1) is 13.8 Å². The fraction of sp³-hybridized carbons (Fsp3) is 0.235. The topological polar surface area (TPSA) is 38.3 Å². The molecule has 21 heavy (non-hydrogen) atoms. The van der Waals surface area contributed by atoms with Crippen molar-refractivity contribution in [2.24, 2.45) is 0 Å². The van der Waals surface area contributed by atoms with Gasteiger partial charge in [0.25, 0.3) is 5.91 Å². The first kappa shape index (κ1) is 15.6. The normalized spacial score (nSPS) is 10.2. The van der Waals surface area contributed by atoms with Crippen LogP contribution < -0.4 is 10.1 Å². The summed E-state index contributed by atoms with van der Waals surface area (Å²) in [7, 11) is 0. The summed E-state index contributed by atoms with van der Waals surface area (Å²) in [5.41, 5.74) is 3.53. The number of carbonyl (C=O) groups excluding carboxylic acids is 1. The number of aryl methyl sites for hydroxylation is 2. The molecule has 0 aliphatic heterocycles. The third-order valence-corrected chi connectivity index (χ3v) is 3.69. The number of amides is 1. The Labute approximate surface area is 133 Å². The number of ether oxygens (including phenoxy) is 1. The van der Waals surface area contributed by atoms with Gasteiger partial charge in [0, 0.05) is 11.0 Å². The molecular weight excluding hydrogens is 330 g/mol. The van der Waals surface area contributed by atoms with Gasteiger partial charge in [-0.2, -0.15) is 0 Å². The van der Waals surface area contributed by atoms with E-state index in [2.05, 4.69) is 34.2 Å². The molecule has 110 valence electrons. The van der Waals surface area contributed by atoms with Gasteiger partial charge in [0.05, 0.1) is 0 Å². The summed E-state index contributed by atoms with van der Waals surface area (Å²) in [6.07, 6.45) is 0. The third kappa shape index (κ3) is 4.90. The molecule has 1 amide bonds. The molecule has 4 heteroatoms. The number of benzene rings is 2. The van der Waals surface area contributed by atoms with E-state index in [0.717, 1.165) is 10.0 Å². The van der Waals surface area contributed by atoms with Crippen molar-refractivity contribution in [3.8, 4) is 5.75 Å². The van der Waals surface area contributed by atoms with Crippen LogP contribution >= 0.6 is 15.9 Å². The number of rotatable bonds is 5. The van der Waals surface area contributed by atoms with E-state index in [0.29, 0.717) is 12.3 Å². The first-order chi connectivity index (χ1) is 10.0. The Morgan fingerprint density at radius 3 is 2.52 bits per heavy atom. The van der Waals surface area contributed by atoms with Crippen LogP contribution in [0.25, 0.3) is 0 Å². The lowest BCUT2D eigenvalue weighted by Gasteiger charge is -2.10. The third-order valence-electron chi connectivity index (χ3n) is 3.16. The van der Waals surface area contributed by atoms with Gasteiger partial charge in [0.1, 0.15) is 5.75 Å². The zero-order valence-electron chi connectivity index (χ0n) is 12.2. The molecule has 0 radical (unpaired) electrons. The summed E-state index contributed by atoms with van der Waals surface area (Å²) < 4.78 is 6.41. The quantitative estimate of drug-likeness (QED) is 0.894. The number of carbonyl (C=O) groups is 1. The minimum atomic E-state index is -0.127. The number of halogens is 1. The highest BCUT2D eigenvalue weighted by Gasteiger charge is 2.04. The lowest BCUT2D eigenvalue weighted by atomic mass is 10.1. The van der Waals surface area contributed by atoms with Crippen LogP contribution in [-0.4, -0.2) is 12.5 Å². The Morgan fingerprint density at radius 2 is 1.86 bits per heavy atom. The van der Waals surface area contributed by atoms with E-state index in [4.69, 9.17) is 4.74 Å². The molecule has 0 aromatic heterocycles. The van der Waals surface area contributed by atoms with Gasteiger partial charge >= 0.3 is 0 Å². The Bertz CT molecular complexity index is 623. The molecule has 2 rings (SSSR count). The van der Waals surface area contributed by atoms with Crippen LogP contribution in [0.2, 0.25) is 0 Å². The summed E-state index contributed by atoms with van der Waals surface area (Å²) in [6, 6.07) is 13.6. The second-order valence-corrected chi connectivity index (χ2v) is 5.86. The molecule has 0 unspecified atom stereocenters. The molecule has 0 aliphatic carbocycles. The van der Waals surface area contributed by atoms with Gasteiger partial charge in [-0.1, -0.05) is 39.7 Å². The van der Waals surface area contributed by atoms with Crippen LogP contribution in [0.4, 0.5) is 0 Å². The number of hydrogen-bond acceptors (Lipinski definition) is 2. The van der Waals surface area contributed by atoms with E-state index in [1.54, 1.807) is 0 Å². The summed E-state index contributed by atoms with van der Waals surface area (Å²) in [5, 5.41) is 2.87. The van der Waals surface area contributed by atoms with Crippen molar-refractivity contribution in [2.45, 2.75) is 20.4 Å². The highest BCUT2D eigenvalue weighted by atomic mass is 79.9. The molecule has 2 aromatic carbocycles. The molecule has 0 spiro atoms. The molecule has 0 heterocycles. The van der Waals surface area contributed by atoms with Gasteiger partial charge < -0.3 is 10.1 Å². The first-order valence-electron chi connectivity index (χ1n) is 6.76. The van der Waals surface area contributed by atoms with Crippen LogP contribution in [0.1, 0.15) is 16.7 Å². The van der Waals surface area contributed by atoms with Crippen LogP contribution in [0.15, 0.2) is 46.9 Å². The standard InChI is InChI=1S/C17H18BrNO2/c1-12-3-4-14(13(2)9-12)10-19-17(20)11-21-16-7-5-15(18)6-8-16/h3-9H,10-11H2,1-2H3,(H,19,20). The van der Waals surface area contributed by atoms with Crippen LogP contribution in [0.5, 0.6) is 5.75 Å². The minimum Gasteiger partial charge on any atom is -0.484 e. The van der Waals surface area contributed by atoms with E-state index in [9.17, 15) is 4.79 Å². The van der Waals surface area contributed by atoms with E-state index in [1.165, 1.54) is 11.1 Å². The van der Waals surface area contributed by atoms with Gasteiger partial charge in [-0.25, -0.2) is 0 Å². The van der Waals surface area contributed by atoms with Crippen LogP contribution in [0.3, 0.4) is 0 Å². The molecular formula is C17H18BrNO2. The zero-order valence-corrected chi connectivity index (χ0v) is 13.7. The van der Waals surface area contributed by atoms with Crippen molar-refractivity contribution in [2.75, 3.05) is 6.61 Å². The maximum Gasteiger partial charge on any atom is 0.258 e. The summed E-state index contributed by atoms with van der Waals surface area (Å²) in [5.74, 6) is 0.553. The van der Waals surface area contributed by atoms with Crippen molar-refractivity contribution >= 4 is 21.8 Å². The molecule has 0 atom stereocenters. The van der Waals surface area contributed by atoms with E-state index < -0.39 is 0 Å². The SMILES string of the molecule is Cc1ccc(CNC(=O)COc2ccc(Br)cc2)c(C)c1. The predicted molar refractivity (Wildman–Crippen MR) is 87.4 cm³/mol. The van der Waals surface area contributed by atoms with Crippen molar-refractivity contribution in [1.82, 2.24) is 5.32 Å². The maximum absolute atomic E-state index is 11.8. The van der Waals surface area contributed by atoms with Crippen LogP contribution in [-0.2, 0) is 11.3 Å². The largest absolute Gasteiger partial charge is 0.484 e. The molecule has 3 nitrogen and oxygen atoms in total. The van der Waals surface area contributed by atoms with Crippen molar-refractivity contribution in [3.63, 3.8) is 0 Å². The van der Waals surface area contributed by atoms with Crippen molar-refractivity contribution in [1.29, 1.82) is 0 Å². The highest BCUT2D eigenvalue weighted by molar-refractivity contribution is 9.10. The second-order valence-electron chi connectivity index (χ2n) is 4.95. The number of nitrogens with one attached hydrogen (secondary N) is 1. The number of hydrogen-bond donors (Lipinski definition) is 1.